The number of halogens is 2. The Labute approximate surface area is 208 Å². The molecule has 2 N–H and O–H groups in total. The van der Waals surface area contributed by atoms with E-state index in [1.807, 2.05) is 0 Å². The maximum absolute atomic E-state index is 17.3. The molecular weight excluding hydrogens is 478 g/mol. The van der Waals surface area contributed by atoms with E-state index in [2.05, 4.69) is 0 Å². The number of rotatable bonds is 2. The molecule has 36 heavy (non-hydrogen) atoms. The number of ketones is 1. The largest absolute Gasteiger partial charge is 0.512 e. The summed E-state index contributed by atoms with van der Waals surface area (Å²) < 4.78 is 49.0. The monoisotopic (exact) mass is 512 g/mol. The van der Waals surface area contributed by atoms with Gasteiger partial charge < -0.3 is 24.4 Å². The molecule has 3 saturated carbocycles. The number of hydrogen-bond donors (Lipinski definition) is 2. The van der Waals surface area contributed by atoms with Gasteiger partial charge in [-0.3, -0.25) is 4.79 Å². The van der Waals surface area contributed by atoms with Crippen LogP contribution in [0.5, 0.6) is 0 Å². The second-order valence-corrected chi connectivity index (χ2v) is 12.1. The smallest absolute Gasteiger partial charge is 0.450 e. The summed E-state index contributed by atoms with van der Waals surface area (Å²) in [7, 11) is 0. The quantitative estimate of drug-likeness (QED) is 0.396. The molecule has 4 aliphatic rings. The third kappa shape index (κ3) is 3.50. The van der Waals surface area contributed by atoms with E-state index in [4.69, 9.17) is 14.2 Å². The Kier molecular flexibility index (Phi) is 5.91. The summed E-state index contributed by atoms with van der Waals surface area (Å²) in [6.07, 6.45) is -3.11. The number of carbonyl (C=O) groups excluding carboxylic acids is 2. The average molecular weight is 513 g/mol. The zero-order valence-corrected chi connectivity index (χ0v) is 21.3. The highest BCUT2D eigenvalue weighted by atomic mass is 19.1. The summed E-state index contributed by atoms with van der Waals surface area (Å²) in [6, 6.07) is 0. The average Bonchev–Trinajstić information content (AvgIpc) is 2.91. The number of fused-ring (bicyclic) bond motifs is 5. The first-order chi connectivity index (χ1) is 16.4. The Bertz CT molecular complexity index is 1050. The lowest BCUT2D eigenvalue weighted by atomic mass is 9.45. The maximum atomic E-state index is 17.3. The molecular formula is C26H34F2O8. The SMILES string of the molecule is C[C@@H]1C[C@H]2[C@@H]3C[C@H](F)C4=CC(=O)C=C[C@]4(C)C3(F)[C@@H](O)C[C@]2(C)[C@@]1(OC(=O)O)OC(=O)OC(C)(C)C. The maximum Gasteiger partial charge on any atom is 0.512 e. The Morgan fingerprint density at radius 2 is 1.78 bits per heavy atom. The minimum absolute atomic E-state index is 0.0134. The van der Waals surface area contributed by atoms with Gasteiger partial charge in [0.2, 0.25) is 0 Å². The van der Waals surface area contributed by atoms with Crippen LogP contribution in [0, 0.1) is 28.6 Å². The van der Waals surface area contributed by atoms with Crippen LogP contribution < -0.4 is 0 Å². The van der Waals surface area contributed by atoms with Crippen molar-refractivity contribution in [2.75, 3.05) is 0 Å². The van der Waals surface area contributed by atoms with E-state index in [9.17, 15) is 24.6 Å². The summed E-state index contributed by atoms with van der Waals surface area (Å²) in [5.74, 6) is -5.10. The number of carboxylic acid groups (broad SMARTS) is 1. The number of alkyl halides is 2. The van der Waals surface area contributed by atoms with Crippen molar-refractivity contribution in [2.45, 2.75) is 90.1 Å². The summed E-state index contributed by atoms with van der Waals surface area (Å²) in [5.41, 5.74) is -6.30. The highest BCUT2D eigenvalue weighted by Gasteiger charge is 2.78. The molecule has 1 unspecified atom stereocenters. The van der Waals surface area contributed by atoms with E-state index in [1.165, 1.54) is 19.1 Å². The summed E-state index contributed by atoms with van der Waals surface area (Å²) in [4.78, 5) is 36.6. The van der Waals surface area contributed by atoms with Gasteiger partial charge >= 0.3 is 12.3 Å². The van der Waals surface area contributed by atoms with Gasteiger partial charge in [0.05, 0.1) is 11.5 Å². The van der Waals surface area contributed by atoms with Gasteiger partial charge in [0.25, 0.3) is 5.79 Å². The molecule has 0 spiro atoms. The number of aliphatic hydroxyl groups is 1. The molecule has 0 saturated heterocycles. The van der Waals surface area contributed by atoms with Gasteiger partial charge in [-0.05, 0) is 70.6 Å². The standard InChI is InChI=1S/C26H34F2O8/c1-13-9-15-16-11-18(27)17-10-14(29)7-8-23(17,5)25(16,28)19(30)12-24(15,6)26(13,34-20(31)32)36-21(33)35-22(2,3)4/h7-8,10,13,15-16,18-19,30H,9,11-12H2,1-6H3,(H,31,32)/t13-,15+,16+,18+,19+,23+,24+,25?,26+/m1/s1. The third-order valence-electron chi connectivity index (χ3n) is 8.93. The molecule has 0 heterocycles. The molecule has 3 fully saturated rings. The van der Waals surface area contributed by atoms with E-state index >= 15 is 8.78 Å². The van der Waals surface area contributed by atoms with Crippen LogP contribution in [0.15, 0.2) is 23.8 Å². The van der Waals surface area contributed by atoms with Crippen LogP contribution in [0.2, 0.25) is 0 Å². The number of aliphatic hydroxyl groups excluding tert-OH is 1. The zero-order chi connectivity index (χ0) is 27.1. The molecule has 0 amide bonds. The minimum atomic E-state index is -2.35. The second-order valence-electron chi connectivity index (χ2n) is 12.1. The van der Waals surface area contributed by atoms with Crippen LogP contribution in [-0.4, -0.2) is 57.6 Å². The molecule has 8 nitrogen and oxygen atoms in total. The van der Waals surface area contributed by atoms with Crippen molar-refractivity contribution in [1.29, 1.82) is 0 Å². The van der Waals surface area contributed by atoms with Crippen molar-refractivity contribution in [3.63, 3.8) is 0 Å². The van der Waals surface area contributed by atoms with Crippen molar-refractivity contribution >= 4 is 18.1 Å². The fourth-order valence-electron chi connectivity index (χ4n) is 7.47. The van der Waals surface area contributed by atoms with Gasteiger partial charge in [0.15, 0.2) is 11.5 Å². The lowest BCUT2D eigenvalue weighted by Crippen LogP contribution is -2.70. The Hall–Kier alpha value is -2.49. The highest BCUT2D eigenvalue weighted by molar-refractivity contribution is 6.01. The van der Waals surface area contributed by atoms with Gasteiger partial charge in [0, 0.05) is 17.3 Å². The molecule has 0 radical (unpaired) electrons. The van der Waals surface area contributed by atoms with E-state index < -0.39 is 76.0 Å². The van der Waals surface area contributed by atoms with Gasteiger partial charge in [-0.15, -0.1) is 0 Å². The first kappa shape index (κ1) is 26.6. The Morgan fingerprint density at radius 1 is 1.14 bits per heavy atom. The Morgan fingerprint density at radius 3 is 2.36 bits per heavy atom. The number of hydrogen-bond acceptors (Lipinski definition) is 7. The molecule has 10 heteroatoms. The van der Waals surface area contributed by atoms with Crippen LogP contribution in [-0.2, 0) is 19.0 Å². The van der Waals surface area contributed by atoms with Crippen LogP contribution in [0.1, 0.15) is 60.8 Å². The summed E-state index contributed by atoms with van der Waals surface area (Å²) in [5, 5.41) is 21.0. The fraction of sp³-hybridized carbons (Fsp3) is 0.731. The number of allylic oxidation sites excluding steroid dienone is 4. The van der Waals surface area contributed by atoms with Crippen LogP contribution in [0.25, 0.3) is 0 Å². The topological polar surface area (TPSA) is 119 Å². The Balaban J connectivity index is 1.82. The first-order valence-electron chi connectivity index (χ1n) is 12.2. The normalized spacial score (nSPS) is 45.6. The molecule has 0 aliphatic heterocycles. The molecule has 0 bridgehead atoms. The minimum Gasteiger partial charge on any atom is -0.450 e. The second kappa shape index (κ2) is 8.00. The molecule has 0 aromatic heterocycles. The van der Waals surface area contributed by atoms with E-state index in [0.29, 0.717) is 0 Å². The van der Waals surface area contributed by atoms with E-state index in [1.54, 1.807) is 34.6 Å². The zero-order valence-electron chi connectivity index (χ0n) is 21.3. The van der Waals surface area contributed by atoms with Crippen LogP contribution in [0.4, 0.5) is 18.4 Å². The van der Waals surface area contributed by atoms with E-state index in [-0.39, 0.29) is 24.8 Å². The molecule has 0 aromatic rings. The predicted octanol–water partition coefficient (Wildman–Crippen LogP) is 4.89. The van der Waals surface area contributed by atoms with Crippen molar-refractivity contribution in [3.05, 3.63) is 23.8 Å². The van der Waals surface area contributed by atoms with Gasteiger partial charge in [0.1, 0.15) is 11.8 Å². The van der Waals surface area contributed by atoms with Gasteiger partial charge in [-0.25, -0.2) is 18.4 Å². The van der Waals surface area contributed by atoms with E-state index in [0.717, 1.165) is 6.08 Å². The number of carbonyl (C=O) groups is 3. The number of ether oxygens (including phenoxy) is 3. The molecule has 4 aliphatic carbocycles. The van der Waals surface area contributed by atoms with Crippen LogP contribution >= 0.6 is 0 Å². The highest BCUT2D eigenvalue weighted by Crippen LogP contribution is 2.71. The van der Waals surface area contributed by atoms with Crippen molar-refractivity contribution in [3.8, 4) is 0 Å². The van der Waals surface area contributed by atoms with Crippen molar-refractivity contribution in [1.82, 2.24) is 0 Å². The molecule has 9 atom stereocenters. The summed E-state index contributed by atoms with van der Waals surface area (Å²) in [6.45, 7) is 9.51. The van der Waals surface area contributed by atoms with Crippen molar-refractivity contribution < 1.29 is 47.6 Å². The van der Waals surface area contributed by atoms with Crippen LogP contribution in [0.3, 0.4) is 0 Å². The predicted molar refractivity (Wildman–Crippen MR) is 122 cm³/mol. The first-order valence-corrected chi connectivity index (χ1v) is 12.2. The lowest BCUT2D eigenvalue weighted by molar-refractivity contribution is -0.296. The van der Waals surface area contributed by atoms with Crippen molar-refractivity contribution in [2.24, 2.45) is 28.6 Å². The van der Waals surface area contributed by atoms with Gasteiger partial charge in [-0.1, -0.05) is 19.9 Å². The molecule has 200 valence electrons. The fourth-order valence-corrected chi connectivity index (χ4v) is 7.47. The summed E-state index contributed by atoms with van der Waals surface area (Å²) >= 11 is 0. The third-order valence-corrected chi connectivity index (χ3v) is 8.93. The molecule has 4 rings (SSSR count). The molecule has 0 aromatic carbocycles. The van der Waals surface area contributed by atoms with Gasteiger partial charge in [-0.2, -0.15) is 0 Å². The lowest BCUT2D eigenvalue weighted by Gasteiger charge is -2.62.